The van der Waals surface area contributed by atoms with Gasteiger partial charge in [0.25, 0.3) is 5.91 Å². The normalized spacial score (nSPS) is 25.7. The first-order valence-electron chi connectivity index (χ1n) is 7.58. The number of rotatable bonds is 3. The minimum absolute atomic E-state index is 0.103. The van der Waals surface area contributed by atoms with Crippen LogP contribution in [0.4, 0.5) is 0 Å². The Morgan fingerprint density at radius 2 is 2.04 bits per heavy atom. The summed E-state index contributed by atoms with van der Waals surface area (Å²) < 4.78 is 0. The highest BCUT2D eigenvalue weighted by molar-refractivity contribution is 7.17. The topological polar surface area (TPSA) is 54.0 Å². The Labute approximate surface area is 148 Å². The average molecular weight is 368 g/mol. The summed E-state index contributed by atoms with van der Waals surface area (Å²) in [4.78, 5) is 17.5. The zero-order valence-electron chi connectivity index (χ0n) is 12.2. The van der Waals surface area contributed by atoms with Crippen molar-refractivity contribution in [1.82, 2.24) is 15.6 Å². The third-order valence-corrected chi connectivity index (χ3v) is 5.95. The van der Waals surface area contributed by atoms with Gasteiger partial charge in [0, 0.05) is 34.4 Å². The van der Waals surface area contributed by atoms with Crippen LogP contribution in [0.25, 0.3) is 10.4 Å². The molecule has 120 valence electrons. The van der Waals surface area contributed by atoms with E-state index in [1.807, 2.05) is 12.1 Å². The van der Waals surface area contributed by atoms with Crippen LogP contribution in [0.3, 0.4) is 0 Å². The Kier molecular flexibility index (Phi) is 4.05. The van der Waals surface area contributed by atoms with Crippen molar-refractivity contribution in [3.05, 3.63) is 39.4 Å². The van der Waals surface area contributed by atoms with Gasteiger partial charge in [0.15, 0.2) is 5.01 Å². The number of halogens is 2. The number of thiazole rings is 1. The van der Waals surface area contributed by atoms with Gasteiger partial charge >= 0.3 is 0 Å². The summed E-state index contributed by atoms with van der Waals surface area (Å²) in [6.45, 7) is 0. The molecule has 2 aromatic rings. The summed E-state index contributed by atoms with van der Waals surface area (Å²) in [6.07, 6.45) is 5.06. The van der Waals surface area contributed by atoms with Crippen LogP contribution in [0.1, 0.15) is 29.1 Å². The first-order valence-corrected chi connectivity index (χ1v) is 9.15. The maximum absolute atomic E-state index is 12.4. The van der Waals surface area contributed by atoms with Crippen molar-refractivity contribution in [2.45, 2.75) is 37.4 Å². The number of hydrogen-bond acceptors (Lipinski definition) is 4. The number of hydrogen-bond donors (Lipinski definition) is 2. The third kappa shape index (κ3) is 3.11. The number of amides is 1. The minimum Gasteiger partial charge on any atom is -0.346 e. The molecule has 23 heavy (non-hydrogen) atoms. The average Bonchev–Trinajstić information content (AvgIpc) is 3.22. The first kappa shape index (κ1) is 15.4. The highest BCUT2D eigenvalue weighted by Gasteiger charge is 2.39. The molecule has 2 aliphatic heterocycles. The van der Waals surface area contributed by atoms with Crippen LogP contribution in [-0.4, -0.2) is 29.0 Å². The molecule has 1 aromatic carbocycles. The van der Waals surface area contributed by atoms with Crippen LogP contribution >= 0.6 is 34.5 Å². The maximum Gasteiger partial charge on any atom is 0.280 e. The molecule has 0 aliphatic carbocycles. The van der Waals surface area contributed by atoms with E-state index >= 15 is 0 Å². The third-order valence-electron chi connectivity index (χ3n) is 4.46. The molecule has 4 nitrogen and oxygen atoms in total. The molecule has 2 saturated heterocycles. The van der Waals surface area contributed by atoms with Crippen LogP contribution < -0.4 is 10.6 Å². The molecule has 1 aromatic heterocycles. The van der Waals surface area contributed by atoms with E-state index in [1.54, 1.807) is 12.3 Å². The van der Waals surface area contributed by atoms with Gasteiger partial charge in [0.2, 0.25) is 0 Å². The molecule has 2 N–H and O–H groups in total. The molecule has 0 saturated carbocycles. The van der Waals surface area contributed by atoms with Crippen LogP contribution in [0.15, 0.2) is 24.4 Å². The fraction of sp³-hybridized carbons (Fsp3) is 0.375. The summed E-state index contributed by atoms with van der Waals surface area (Å²) >= 11 is 13.4. The number of fused-ring (bicyclic) bond motifs is 2. The highest BCUT2D eigenvalue weighted by Crippen LogP contribution is 2.32. The number of carbonyl (C=O) groups excluding carboxylic acids is 1. The minimum atomic E-state index is -0.103. The molecular weight excluding hydrogens is 353 g/mol. The van der Waals surface area contributed by atoms with E-state index in [2.05, 4.69) is 15.6 Å². The van der Waals surface area contributed by atoms with Gasteiger partial charge in [0.05, 0.1) is 4.88 Å². The van der Waals surface area contributed by atoms with Crippen molar-refractivity contribution in [2.24, 2.45) is 0 Å². The van der Waals surface area contributed by atoms with Gasteiger partial charge in [0.1, 0.15) is 0 Å². The smallest absolute Gasteiger partial charge is 0.280 e. The van der Waals surface area contributed by atoms with E-state index in [1.165, 1.54) is 17.8 Å². The largest absolute Gasteiger partial charge is 0.346 e. The summed E-state index contributed by atoms with van der Waals surface area (Å²) in [5.41, 5.74) is 0.876. The van der Waals surface area contributed by atoms with E-state index in [4.69, 9.17) is 23.2 Å². The van der Waals surface area contributed by atoms with Gasteiger partial charge in [-0.25, -0.2) is 4.98 Å². The van der Waals surface area contributed by atoms with Crippen LogP contribution in [0, 0.1) is 0 Å². The van der Waals surface area contributed by atoms with Crippen molar-refractivity contribution in [3.63, 3.8) is 0 Å². The van der Waals surface area contributed by atoms with Crippen LogP contribution in [0.5, 0.6) is 0 Å². The quantitative estimate of drug-likeness (QED) is 0.868. The molecule has 0 radical (unpaired) electrons. The van der Waals surface area contributed by atoms with Crippen LogP contribution in [0.2, 0.25) is 10.0 Å². The second-order valence-corrected chi connectivity index (χ2v) is 7.95. The number of benzene rings is 1. The van der Waals surface area contributed by atoms with E-state index < -0.39 is 0 Å². The van der Waals surface area contributed by atoms with Gasteiger partial charge in [-0.3, -0.25) is 4.79 Å². The predicted octanol–water partition coefficient (Wildman–Crippen LogP) is 3.74. The van der Waals surface area contributed by atoms with E-state index in [-0.39, 0.29) is 11.9 Å². The standard InChI is InChI=1S/C16H15Cl2N3OS/c17-9-3-8(4-10(18)5-9)14-7-19-16(23-14)15(22)21-13-6-11-1-2-12(13)20-11/h3-5,7,11-13,20H,1-2,6H2,(H,21,22). The summed E-state index contributed by atoms with van der Waals surface area (Å²) in [7, 11) is 0. The Hall–Kier alpha value is -1.14. The van der Waals surface area contributed by atoms with E-state index in [9.17, 15) is 4.79 Å². The molecule has 1 amide bonds. The van der Waals surface area contributed by atoms with Crippen molar-refractivity contribution in [1.29, 1.82) is 0 Å². The maximum atomic E-state index is 12.4. The number of nitrogens with one attached hydrogen (secondary N) is 2. The lowest BCUT2D eigenvalue weighted by Crippen LogP contribution is -2.42. The molecule has 2 bridgehead atoms. The molecule has 2 fully saturated rings. The first-order chi connectivity index (χ1) is 11.1. The van der Waals surface area contributed by atoms with Crippen molar-refractivity contribution >= 4 is 40.4 Å². The Morgan fingerprint density at radius 3 is 2.70 bits per heavy atom. The second-order valence-electron chi connectivity index (χ2n) is 6.05. The monoisotopic (exact) mass is 367 g/mol. The lowest BCUT2D eigenvalue weighted by molar-refractivity contribution is 0.0930. The second kappa shape index (κ2) is 6.06. The number of aromatic nitrogens is 1. The fourth-order valence-corrected chi connectivity index (χ4v) is 4.75. The predicted molar refractivity (Wildman–Crippen MR) is 93.4 cm³/mol. The van der Waals surface area contributed by atoms with Crippen molar-refractivity contribution in [2.75, 3.05) is 0 Å². The van der Waals surface area contributed by atoms with Gasteiger partial charge in [-0.15, -0.1) is 11.3 Å². The molecule has 0 spiro atoms. The number of carbonyl (C=O) groups is 1. The molecule has 3 heterocycles. The molecule has 4 rings (SSSR count). The highest BCUT2D eigenvalue weighted by atomic mass is 35.5. The summed E-state index contributed by atoms with van der Waals surface area (Å²) in [5, 5.41) is 8.24. The molecule has 2 aliphatic rings. The fourth-order valence-electron chi connectivity index (χ4n) is 3.42. The Balaban J connectivity index is 1.50. The Morgan fingerprint density at radius 1 is 1.26 bits per heavy atom. The zero-order valence-corrected chi connectivity index (χ0v) is 14.5. The van der Waals surface area contributed by atoms with Crippen LogP contribution in [-0.2, 0) is 0 Å². The van der Waals surface area contributed by atoms with Crippen molar-refractivity contribution < 1.29 is 4.79 Å². The zero-order chi connectivity index (χ0) is 16.0. The van der Waals surface area contributed by atoms with E-state index in [0.717, 1.165) is 23.3 Å². The SMILES string of the molecule is O=C(NC1CC2CCC1N2)c1ncc(-c2cc(Cl)cc(Cl)c2)s1. The molecule has 3 atom stereocenters. The lowest BCUT2D eigenvalue weighted by Gasteiger charge is -2.20. The summed E-state index contributed by atoms with van der Waals surface area (Å²) in [6, 6.07) is 6.52. The molecule has 3 unspecified atom stereocenters. The van der Waals surface area contributed by atoms with Gasteiger partial charge in [-0.05, 0) is 43.0 Å². The summed E-state index contributed by atoms with van der Waals surface area (Å²) in [5.74, 6) is -0.103. The molecule has 7 heteroatoms. The van der Waals surface area contributed by atoms with Gasteiger partial charge < -0.3 is 10.6 Å². The van der Waals surface area contributed by atoms with Gasteiger partial charge in [-0.1, -0.05) is 23.2 Å². The van der Waals surface area contributed by atoms with E-state index in [0.29, 0.717) is 27.1 Å². The molecular formula is C16H15Cl2N3OS. The van der Waals surface area contributed by atoms with Crippen molar-refractivity contribution in [3.8, 4) is 10.4 Å². The Bertz CT molecular complexity index is 743. The lowest BCUT2D eigenvalue weighted by atomic mass is 9.95. The van der Waals surface area contributed by atoms with Gasteiger partial charge in [-0.2, -0.15) is 0 Å². The number of nitrogens with zero attached hydrogens (tertiary/aromatic N) is 1.